The van der Waals surface area contributed by atoms with E-state index in [4.69, 9.17) is 9.47 Å². The van der Waals surface area contributed by atoms with Gasteiger partial charge in [-0.25, -0.2) is 0 Å². The lowest BCUT2D eigenvalue weighted by Crippen LogP contribution is -2.44. The van der Waals surface area contributed by atoms with Gasteiger partial charge < -0.3 is 19.9 Å². The lowest BCUT2D eigenvalue weighted by molar-refractivity contribution is -0.124. The molecule has 116 valence electrons. The Morgan fingerprint density at radius 1 is 1.27 bits per heavy atom. The number of benzene rings is 2. The minimum absolute atomic E-state index is 0.0741. The molecule has 1 saturated heterocycles. The highest BCUT2D eigenvalue weighted by molar-refractivity contribution is 5.84. The van der Waals surface area contributed by atoms with Crippen LogP contribution < -0.4 is 10.1 Å². The molecule has 1 amide bonds. The third kappa shape index (κ3) is 3.55. The Labute approximate surface area is 128 Å². The van der Waals surface area contributed by atoms with Crippen molar-refractivity contribution in [2.75, 3.05) is 26.4 Å². The number of fused-ring (bicyclic) bond motifs is 1. The zero-order valence-corrected chi connectivity index (χ0v) is 12.2. The van der Waals surface area contributed by atoms with Gasteiger partial charge in [0.25, 0.3) is 5.91 Å². The highest BCUT2D eigenvalue weighted by Gasteiger charge is 2.32. The fraction of sp³-hybridized carbons (Fsp3) is 0.353. The third-order valence-electron chi connectivity index (χ3n) is 3.79. The van der Waals surface area contributed by atoms with Crippen molar-refractivity contribution < 1.29 is 19.4 Å². The summed E-state index contributed by atoms with van der Waals surface area (Å²) in [6.45, 7) is 0.904. The normalized spacial score (nSPS) is 21.0. The molecule has 2 N–H and O–H groups in total. The first-order valence-corrected chi connectivity index (χ1v) is 7.33. The second-order valence-corrected chi connectivity index (χ2v) is 5.60. The minimum Gasteiger partial charge on any atom is -0.484 e. The Kier molecular flexibility index (Phi) is 4.27. The molecular formula is C17H19NO4. The van der Waals surface area contributed by atoms with E-state index in [2.05, 4.69) is 5.32 Å². The molecular weight excluding hydrogens is 282 g/mol. The lowest BCUT2D eigenvalue weighted by atomic mass is 10.0. The van der Waals surface area contributed by atoms with Crippen molar-refractivity contribution in [3.8, 4) is 5.75 Å². The fourth-order valence-corrected chi connectivity index (χ4v) is 2.46. The van der Waals surface area contributed by atoms with Crippen LogP contribution in [0.5, 0.6) is 5.75 Å². The Morgan fingerprint density at radius 2 is 2.09 bits per heavy atom. The predicted molar refractivity (Wildman–Crippen MR) is 82.8 cm³/mol. The minimum atomic E-state index is -0.946. The molecule has 0 aliphatic carbocycles. The van der Waals surface area contributed by atoms with E-state index in [0.717, 1.165) is 10.8 Å². The van der Waals surface area contributed by atoms with Gasteiger partial charge in [-0.15, -0.1) is 0 Å². The van der Waals surface area contributed by atoms with Crippen LogP contribution in [-0.2, 0) is 9.53 Å². The first-order chi connectivity index (χ1) is 10.6. The van der Waals surface area contributed by atoms with Crippen LogP contribution >= 0.6 is 0 Å². The van der Waals surface area contributed by atoms with Gasteiger partial charge in [0.2, 0.25) is 0 Å². The molecule has 5 heteroatoms. The first kappa shape index (κ1) is 14.8. The SMILES string of the molecule is O=C(COc1ccc2ccccc2c1)NC[C@]1(O)CCOC1. The molecule has 1 atom stereocenters. The molecule has 0 unspecified atom stereocenters. The van der Waals surface area contributed by atoms with Gasteiger partial charge in [0.15, 0.2) is 6.61 Å². The van der Waals surface area contributed by atoms with Crippen LogP contribution in [0.2, 0.25) is 0 Å². The van der Waals surface area contributed by atoms with Crippen molar-refractivity contribution in [1.82, 2.24) is 5.32 Å². The molecule has 1 fully saturated rings. The standard InChI is InChI=1S/C17H19NO4/c19-16(18-11-17(20)7-8-21-12-17)10-22-15-6-5-13-3-1-2-4-14(13)9-15/h1-6,9,20H,7-8,10-12H2,(H,18,19)/t17-/m1/s1. The van der Waals surface area contributed by atoms with Crippen molar-refractivity contribution in [3.05, 3.63) is 42.5 Å². The Morgan fingerprint density at radius 3 is 2.86 bits per heavy atom. The maximum atomic E-state index is 11.8. The molecule has 0 aromatic heterocycles. The molecule has 1 heterocycles. The van der Waals surface area contributed by atoms with Crippen molar-refractivity contribution in [2.45, 2.75) is 12.0 Å². The number of carbonyl (C=O) groups excluding carboxylic acids is 1. The summed E-state index contributed by atoms with van der Waals surface area (Å²) in [4.78, 5) is 11.8. The van der Waals surface area contributed by atoms with Gasteiger partial charge in [0, 0.05) is 19.6 Å². The van der Waals surface area contributed by atoms with E-state index in [1.54, 1.807) is 0 Å². The van der Waals surface area contributed by atoms with Crippen LogP contribution in [0.1, 0.15) is 6.42 Å². The Bertz CT molecular complexity index is 665. The molecule has 0 radical (unpaired) electrons. The van der Waals surface area contributed by atoms with Crippen LogP contribution in [0.15, 0.2) is 42.5 Å². The lowest BCUT2D eigenvalue weighted by Gasteiger charge is -2.20. The highest BCUT2D eigenvalue weighted by atomic mass is 16.5. The van der Waals surface area contributed by atoms with Crippen LogP contribution in [0.3, 0.4) is 0 Å². The monoisotopic (exact) mass is 301 g/mol. The van der Waals surface area contributed by atoms with Crippen molar-refractivity contribution >= 4 is 16.7 Å². The second-order valence-electron chi connectivity index (χ2n) is 5.60. The number of hydrogen-bond acceptors (Lipinski definition) is 4. The smallest absolute Gasteiger partial charge is 0.258 e. The van der Waals surface area contributed by atoms with E-state index in [1.807, 2.05) is 42.5 Å². The zero-order chi connectivity index (χ0) is 15.4. The van der Waals surface area contributed by atoms with Crippen LogP contribution in [0.25, 0.3) is 10.8 Å². The van der Waals surface area contributed by atoms with Crippen molar-refractivity contribution in [1.29, 1.82) is 0 Å². The van der Waals surface area contributed by atoms with Gasteiger partial charge in [0.05, 0.1) is 6.61 Å². The molecule has 1 aliphatic heterocycles. The van der Waals surface area contributed by atoms with Gasteiger partial charge in [-0.05, 0) is 22.9 Å². The molecule has 2 aromatic carbocycles. The van der Waals surface area contributed by atoms with Gasteiger partial charge >= 0.3 is 0 Å². The van der Waals surface area contributed by atoms with E-state index < -0.39 is 5.60 Å². The zero-order valence-electron chi connectivity index (χ0n) is 12.2. The first-order valence-electron chi connectivity index (χ1n) is 7.33. The highest BCUT2D eigenvalue weighted by Crippen LogP contribution is 2.20. The second kappa shape index (κ2) is 6.34. The van der Waals surface area contributed by atoms with Gasteiger partial charge in [-0.3, -0.25) is 4.79 Å². The summed E-state index contributed by atoms with van der Waals surface area (Å²) in [6, 6.07) is 13.7. The molecule has 22 heavy (non-hydrogen) atoms. The predicted octanol–water partition coefficient (Wildman–Crippen LogP) is 1.49. The summed E-state index contributed by atoms with van der Waals surface area (Å²) in [5.74, 6) is 0.394. The largest absolute Gasteiger partial charge is 0.484 e. The summed E-state index contributed by atoms with van der Waals surface area (Å²) in [5.41, 5.74) is -0.946. The molecule has 5 nitrogen and oxygen atoms in total. The van der Waals surface area contributed by atoms with Crippen molar-refractivity contribution in [3.63, 3.8) is 0 Å². The average molecular weight is 301 g/mol. The van der Waals surface area contributed by atoms with E-state index in [0.29, 0.717) is 18.8 Å². The summed E-state index contributed by atoms with van der Waals surface area (Å²) >= 11 is 0. The van der Waals surface area contributed by atoms with E-state index >= 15 is 0 Å². The number of rotatable bonds is 5. The quantitative estimate of drug-likeness (QED) is 0.878. The molecule has 0 saturated carbocycles. The van der Waals surface area contributed by atoms with Gasteiger partial charge in [-0.2, -0.15) is 0 Å². The number of aliphatic hydroxyl groups is 1. The number of nitrogens with one attached hydrogen (secondary N) is 1. The number of ether oxygens (including phenoxy) is 2. The summed E-state index contributed by atoms with van der Waals surface area (Å²) < 4.78 is 10.6. The maximum absolute atomic E-state index is 11.8. The Hall–Kier alpha value is -2.11. The molecule has 2 aromatic rings. The fourth-order valence-electron chi connectivity index (χ4n) is 2.46. The van der Waals surface area contributed by atoms with E-state index in [1.165, 1.54) is 0 Å². The van der Waals surface area contributed by atoms with E-state index in [-0.39, 0.29) is 25.7 Å². The molecule has 0 spiro atoms. The number of hydrogen-bond donors (Lipinski definition) is 2. The summed E-state index contributed by atoms with van der Waals surface area (Å²) in [6.07, 6.45) is 0.540. The summed E-state index contributed by atoms with van der Waals surface area (Å²) in [5, 5.41) is 14.9. The van der Waals surface area contributed by atoms with Crippen LogP contribution in [-0.4, -0.2) is 43.0 Å². The maximum Gasteiger partial charge on any atom is 0.258 e. The molecule has 1 aliphatic rings. The third-order valence-corrected chi connectivity index (χ3v) is 3.79. The van der Waals surface area contributed by atoms with Crippen LogP contribution in [0.4, 0.5) is 0 Å². The average Bonchev–Trinajstić information content (AvgIpc) is 2.98. The van der Waals surface area contributed by atoms with Gasteiger partial charge in [0.1, 0.15) is 11.4 Å². The number of carbonyl (C=O) groups is 1. The number of amides is 1. The van der Waals surface area contributed by atoms with Crippen molar-refractivity contribution in [2.24, 2.45) is 0 Å². The van der Waals surface area contributed by atoms with Crippen LogP contribution in [0, 0.1) is 0 Å². The Balaban J connectivity index is 1.51. The van der Waals surface area contributed by atoms with Gasteiger partial charge in [-0.1, -0.05) is 30.3 Å². The van der Waals surface area contributed by atoms with E-state index in [9.17, 15) is 9.90 Å². The summed E-state index contributed by atoms with van der Waals surface area (Å²) in [7, 11) is 0. The molecule has 3 rings (SSSR count). The topological polar surface area (TPSA) is 67.8 Å². The molecule has 0 bridgehead atoms.